The monoisotopic (exact) mass is 410 g/mol. The number of carbonyl (C=O) groups excluding carboxylic acids is 2. The molecular weight excluding hydrogens is 384 g/mol. The summed E-state index contributed by atoms with van der Waals surface area (Å²) in [5, 5.41) is 2.71. The molecule has 4 rings (SSSR count). The second-order valence-electron chi connectivity index (χ2n) is 7.63. The Kier molecular flexibility index (Phi) is 6.07. The molecule has 0 aromatic heterocycles. The highest BCUT2D eigenvalue weighted by molar-refractivity contribution is 5.97. The average molecular weight is 410 g/mol. The van der Waals surface area contributed by atoms with Crippen LogP contribution in [0.1, 0.15) is 28.8 Å². The lowest BCUT2D eigenvalue weighted by molar-refractivity contribution is -0.131. The number of piperidine rings is 1. The molecule has 0 saturated carbocycles. The van der Waals surface area contributed by atoms with Crippen molar-refractivity contribution in [2.75, 3.05) is 33.5 Å². The SMILES string of the molecule is COc1ccc(CC2CCN(C(=O)CNC(=O)c3ccc4c(c3)OCO4)CC2)cc1. The number of carbonyl (C=O) groups is 2. The summed E-state index contributed by atoms with van der Waals surface area (Å²) in [6, 6.07) is 13.2. The van der Waals surface area contributed by atoms with E-state index in [9.17, 15) is 9.59 Å². The zero-order chi connectivity index (χ0) is 20.9. The van der Waals surface area contributed by atoms with Crippen LogP contribution in [0.3, 0.4) is 0 Å². The fourth-order valence-corrected chi connectivity index (χ4v) is 3.89. The largest absolute Gasteiger partial charge is 0.497 e. The summed E-state index contributed by atoms with van der Waals surface area (Å²) in [4.78, 5) is 26.7. The van der Waals surface area contributed by atoms with Gasteiger partial charge < -0.3 is 24.4 Å². The Morgan fingerprint density at radius 1 is 1.07 bits per heavy atom. The van der Waals surface area contributed by atoms with Gasteiger partial charge in [0, 0.05) is 18.7 Å². The van der Waals surface area contributed by atoms with E-state index in [1.165, 1.54) is 5.56 Å². The van der Waals surface area contributed by atoms with E-state index in [1.54, 1.807) is 25.3 Å². The molecule has 30 heavy (non-hydrogen) atoms. The van der Waals surface area contributed by atoms with Crippen molar-refractivity contribution in [3.63, 3.8) is 0 Å². The van der Waals surface area contributed by atoms with E-state index in [4.69, 9.17) is 14.2 Å². The fourth-order valence-electron chi connectivity index (χ4n) is 3.89. The van der Waals surface area contributed by atoms with Gasteiger partial charge in [-0.1, -0.05) is 12.1 Å². The minimum Gasteiger partial charge on any atom is -0.497 e. The van der Waals surface area contributed by atoms with Crippen molar-refractivity contribution in [3.05, 3.63) is 53.6 Å². The molecule has 7 heteroatoms. The van der Waals surface area contributed by atoms with Crippen molar-refractivity contribution in [1.82, 2.24) is 10.2 Å². The van der Waals surface area contributed by atoms with Crippen LogP contribution in [0.5, 0.6) is 17.2 Å². The Morgan fingerprint density at radius 2 is 1.80 bits per heavy atom. The minimum absolute atomic E-state index is 0.00355. The molecule has 0 radical (unpaired) electrons. The molecule has 0 atom stereocenters. The molecule has 0 aliphatic carbocycles. The van der Waals surface area contributed by atoms with Crippen molar-refractivity contribution >= 4 is 11.8 Å². The van der Waals surface area contributed by atoms with Crippen LogP contribution in [0.15, 0.2) is 42.5 Å². The molecule has 7 nitrogen and oxygen atoms in total. The molecule has 1 N–H and O–H groups in total. The number of nitrogens with one attached hydrogen (secondary N) is 1. The lowest BCUT2D eigenvalue weighted by Crippen LogP contribution is -2.44. The summed E-state index contributed by atoms with van der Waals surface area (Å²) in [5.41, 5.74) is 1.74. The maximum absolute atomic E-state index is 12.5. The van der Waals surface area contributed by atoms with Crippen molar-refractivity contribution in [2.24, 2.45) is 5.92 Å². The second-order valence-corrected chi connectivity index (χ2v) is 7.63. The number of hydrogen-bond acceptors (Lipinski definition) is 5. The van der Waals surface area contributed by atoms with Gasteiger partial charge in [-0.3, -0.25) is 9.59 Å². The van der Waals surface area contributed by atoms with Crippen LogP contribution in [0, 0.1) is 5.92 Å². The lowest BCUT2D eigenvalue weighted by Gasteiger charge is -2.32. The summed E-state index contributed by atoms with van der Waals surface area (Å²) in [6.45, 7) is 1.60. The topological polar surface area (TPSA) is 77.1 Å². The molecule has 2 amide bonds. The third-order valence-electron chi connectivity index (χ3n) is 5.69. The number of likely N-dealkylation sites (tertiary alicyclic amines) is 1. The molecule has 2 aliphatic rings. The van der Waals surface area contributed by atoms with E-state index in [0.29, 0.717) is 23.0 Å². The molecule has 158 valence electrons. The molecule has 2 aliphatic heterocycles. The number of ether oxygens (including phenoxy) is 3. The number of rotatable bonds is 6. The third-order valence-corrected chi connectivity index (χ3v) is 5.69. The summed E-state index contributed by atoms with van der Waals surface area (Å²) in [5.74, 6) is 2.25. The summed E-state index contributed by atoms with van der Waals surface area (Å²) >= 11 is 0. The van der Waals surface area contributed by atoms with Gasteiger partial charge >= 0.3 is 0 Å². The summed E-state index contributed by atoms with van der Waals surface area (Å²) < 4.78 is 15.7. The Morgan fingerprint density at radius 3 is 2.53 bits per heavy atom. The Bertz CT molecular complexity index is 904. The number of amides is 2. The Hall–Kier alpha value is -3.22. The number of hydrogen-bond donors (Lipinski definition) is 1. The van der Waals surface area contributed by atoms with E-state index in [1.807, 2.05) is 17.0 Å². The first-order valence-corrected chi connectivity index (χ1v) is 10.2. The average Bonchev–Trinajstić information content (AvgIpc) is 3.26. The highest BCUT2D eigenvalue weighted by Crippen LogP contribution is 2.32. The van der Waals surface area contributed by atoms with Crippen LogP contribution < -0.4 is 19.5 Å². The predicted molar refractivity (Wildman–Crippen MR) is 111 cm³/mol. The molecule has 2 aromatic carbocycles. The zero-order valence-electron chi connectivity index (χ0n) is 17.1. The van der Waals surface area contributed by atoms with Gasteiger partial charge in [0.2, 0.25) is 12.7 Å². The first-order valence-electron chi connectivity index (χ1n) is 10.2. The number of benzene rings is 2. The van der Waals surface area contributed by atoms with E-state index in [2.05, 4.69) is 17.4 Å². The Labute approximate surface area is 175 Å². The quantitative estimate of drug-likeness (QED) is 0.792. The van der Waals surface area contributed by atoms with Crippen LogP contribution in [-0.4, -0.2) is 50.3 Å². The van der Waals surface area contributed by atoms with Crippen molar-refractivity contribution in [3.8, 4) is 17.2 Å². The Balaban J connectivity index is 1.21. The van der Waals surface area contributed by atoms with Gasteiger partial charge in [-0.15, -0.1) is 0 Å². The zero-order valence-corrected chi connectivity index (χ0v) is 17.1. The van der Waals surface area contributed by atoms with Crippen molar-refractivity contribution in [1.29, 1.82) is 0 Å². The van der Waals surface area contributed by atoms with E-state index in [-0.39, 0.29) is 25.2 Å². The standard InChI is InChI=1S/C23H26N2O5/c1-28-19-5-2-16(3-6-19)12-17-8-10-25(11-9-17)22(26)14-24-23(27)18-4-7-20-21(13-18)30-15-29-20/h2-7,13,17H,8-12,14-15H2,1H3,(H,24,27). The highest BCUT2D eigenvalue weighted by atomic mass is 16.7. The molecule has 2 heterocycles. The van der Waals surface area contributed by atoms with Crippen LogP contribution in [0.2, 0.25) is 0 Å². The van der Waals surface area contributed by atoms with E-state index in [0.717, 1.165) is 38.1 Å². The molecule has 0 bridgehead atoms. The van der Waals surface area contributed by atoms with Gasteiger partial charge in [-0.05, 0) is 61.1 Å². The molecule has 0 spiro atoms. The van der Waals surface area contributed by atoms with Gasteiger partial charge in [0.15, 0.2) is 11.5 Å². The molecule has 1 fully saturated rings. The summed E-state index contributed by atoms with van der Waals surface area (Å²) in [7, 11) is 1.67. The van der Waals surface area contributed by atoms with Gasteiger partial charge in [-0.2, -0.15) is 0 Å². The normalized spacial score (nSPS) is 15.7. The number of nitrogens with zero attached hydrogens (tertiary/aromatic N) is 1. The maximum Gasteiger partial charge on any atom is 0.251 e. The summed E-state index contributed by atoms with van der Waals surface area (Å²) in [6.07, 6.45) is 2.94. The number of methoxy groups -OCH3 is 1. The number of fused-ring (bicyclic) bond motifs is 1. The fraction of sp³-hybridized carbons (Fsp3) is 0.391. The van der Waals surface area contributed by atoms with E-state index >= 15 is 0 Å². The highest BCUT2D eigenvalue weighted by Gasteiger charge is 2.23. The molecule has 0 unspecified atom stereocenters. The van der Waals surface area contributed by atoms with Crippen LogP contribution in [-0.2, 0) is 11.2 Å². The predicted octanol–water partition coefficient (Wildman–Crippen LogP) is 2.64. The third kappa shape index (κ3) is 4.67. The maximum atomic E-state index is 12.5. The van der Waals surface area contributed by atoms with Crippen LogP contribution in [0.25, 0.3) is 0 Å². The first-order chi connectivity index (χ1) is 14.6. The molecule has 2 aromatic rings. The van der Waals surface area contributed by atoms with Crippen molar-refractivity contribution < 1.29 is 23.8 Å². The van der Waals surface area contributed by atoms with E-state index < -0.39 is 0 Å². The van der Waals surface area contributed by atoms with Gasteiger partial charge in [0.25, 0.3) is 5.91 Å². The van der Waals surface area contributed by atoms with Crippen LogP contribution in [0.4, 0.5) is 0 Å². The smallest absolute Gasteiger partial charge is 0.251 e. The second kappa shape index (κ2) is 9.07. The first kappa shape index (κ1) is 20.1. The van der Waals surface area contributed by atoms with Gasteiger partial charge in [0.1, 0.15) is 5.75 Å². The van der Waals surface area contributed by atoms with Gasteiger partial charge in [0.05, 0.1) is 13.7 Å². The molecule has 1 saturated heterocycles. The van der Waals surface area contributed by atoms with Crippen molar-refractivity contribution in [2.45, 2.75) is 19.3 Å². The van der Waals surface area contributed by atoms with Gasteiger partial charge in [-0.25, -0.2) is 0 Å². The lowest BCUT2D eigenvalue weighted by atomic mass is 9.90. The minimum atomic E-state index is -0.295. The van der Waals surface area contributed by atoms with Crippen LogP contribution >= 0.6 is 0 Å². The molecular formula is C23H26N2O5.